The Kier molecular flexibility index (Phi) is 4.46. The quantitative estimate of drug-likeness (QED) is 0.684. The first-order chi connectivity index (χ1) is 12.2. The first-order valence-corrected chi connectivity index (χ1v) is 9.26. The van der Waals surface area contributed by atoms with Crippen LogP contribution in [0, 0.1) is 0 Å². The zero-order valence-electron chi connectivity index (χ0n) is 13.5. The van der Waals surface area contributed by atoms with E-state index in [-0.39, 0.29) is 0 Å². The summed E-state index contributed by atoms with van der Waals surface area (Å²) < 4.78 is 7.29. The average Bonchev–Trinajstić information content (AvgIpc) is 3.06. The van der Waals surface area contributed by atoms with E-state index in [1.807, 2.05) is 55.5 Å². The molecule has 3 aromatic rings. The molecule has 2 heterocycles. The summed E-state index contributed by atoms with van der Waals surface area (Å²) in [7, 11) is 0. The predicted octanol–water partition coefficient (Wildman–Crippen LogP) is 4.36. The molecule has 1 aliphatic rings. The van der Waals surface area contributed by atoms with Gasteiger partial charge in [-0.1, -0.05) is 23.4 Å². The number of halogens is 1. The van der Waals surface area contributed by atoms with Crippen LogP contribution in [0.25, 0.3) is 11.4 Å². The molecule has 0 saturated carbocycles. The minimum absolute atomic E-state index is 0.657. The molecule has 0 spiro atoms. The van der Waals surface area contributed by atoms with Crippen molar-refractivity contribution in [1.29, 1.82) is 0 Å². The van der Waals surface area contributed by atoms with Gasteiger partial charge in [-0.15, -0.1) is 10.2 Å². The molecule has 126 valence electrons. The van der Waals surface area contributed by atoms with Crippen molar-refractivity contribution in [2.75, 3.05) is 12.4 Å². The Bertz CT molecular complexity index is 919. The molecule has 0 aliphatic carbocycles. The molecule has 0 atom stereocenters. The van der Waals surface area contributed by atoms with E-state index >= 15 is 0 Å². The van der Waals surface area contributed by atoms with Crippen LogP contribution >= 0.6 is 23.4 Å². The molecule has 5 nitrogen and oxygen atoms in total. The smallest absolute Gasteiger partial charge is 0.212 e. The maximum absolute atomic E-state index is 5.97. The number of benzene rings is 2. The van der Waals surface area contributed by atoms with Crippen LogP contribution in [0.1, 0.15) is 12.5 Å². The fourth-order valence-corrected chi connectivity index (χ4v) is 3.52. The average molecular weight is 371 g/mol. The highest BCUT2D eigenvalue weighted by Crippen LogP contribution is 2.29. The van der Waals surface area contributed by atoms with Gasteiger partial charge in [-0.2, -0.15) is 9.78 Å². The number of fused-ring (bicyclic) bond motifs is 1. The fraction of sp³-hybridized carbons (Fsp3) is 0.167. The Morgan fingerprint density at radius 2 is 1.76 bits per heavy atom. The van der Waals surface area contributed by atoms with Crippen LogP contribution < -0.4 is 4.74 Å². The zero-order valence-corrected chi connectivity index (χ0v) is 15.1. The van der Waals surface area contributed by atoms with E-state index in [4.69, 9.17) is 21.4 Å². The second-order valence-electron chi connectivity index (χ2n) is 5.42. The Morgan fingerprint density at radius 3 is 2.48 bits per heavy atom. The zero-order chi connectivity index (χ0) is 17.2. The van der Waals surface area contributed by atoms with Gasteiger partial charge in [0, 0.05) is 16.3 Å². The molecule has 25 heavy (non-hydrogen) atoms. The van der Waals surface area contributed by atoms with Crippen molar-refractivity contribution in [2.45, 2.75) is 12.1 Å². The van der Waals surface area contributed by atoms with Crippen molar-refractivity contribution in [3.63, 3.8) is 0 Å². The summed E-state index contributed by atoms with van der Waals surface area (Å²) in [6.07, 6.45) is 0. The van der Waals surface area contributed by atoms with Crippen LogP contribution in [0.4, 0.5) is 0 Å². The maximum Gasteiger partial charge on any atom is 0.212 e. The molecular weight excluding hydrogens is 356 g/mol. The molecule has 0 amide bonds. The molecular formula is C18H15ClN4OS. The Labute approximate surface area is 154 Å². The molecule has 0 N–H and O–H groups in total. The van der Waals surface area contributed by atoms with Crippen molar-refractivity contribution in [3.8, 4) is 17.1 Å². The highest BCUT2D eigenvalue weighted by molar-refractivity contribution is 7.99. The SMILES string of the molecule is CCOc1ccc(C2=Nn3c(nnc3-c3ccc(Cl)cc3)SC2)cc1. The molecule has 4 rings (SSSR count). The van der Waals surface area contributed by atoms with Gasteiger partial charge in [0.05, 0.1) is 12.3 Å². The summed E-state index contributed by atoms with van der Waals surface area (Å²) in [4.78, 5) is 0. The molecule has 0 bridgehead atoms. The molecule has 7 heteroatoms. The first-order valence-electron chi connectivity index (χ1n) is 7.90. The number of aromatic nitrogens is 3. The maximum atomic E-state index is 5.97. The monoisotopic (exact) mass is 370 g/mol. The van der Waals surface area contributed by atoms with E-state index in [9.17, 15) is 0 Å². The summed E-state index contributed by atoms with van der Waals surface area (Å²) in [6, 6.07) is 15.5. The standard InChI is InChI=1S/C18H15ClN4OS/c1-2-24-15-9-5-12(6-10-15)16-11-25-18-21-20-17(23(18)22-16)13-3-7-14(19)8-4-13/h3-10H,2,11H2,1H3. The lowest BCUT2D eigenvalue weighted by molar-refractivity contribution is 0.340. The number of hydrogen-bond donors (Lipinski definition) is 0. The van der Waals surface area contributed by atoms with Crippen molar-refractivity contribution in [2.24, 2.45) is 5.10 Å². The topological polar surface area (TPSA) is 52.3 Å². The van der Waals surface area contributed by atoms with Crippen LogP contribution in [0.3, 0.4) is 0 Å². The van der Waals surface area contributed by atoms with Gasteiger partial charge in [0.25, 0.3) is 0 Å². The van der Waals surface area contributed by atoms with Crippen LogP contribution in [-0.2, 0) is 0 Å². The third kappa shape index (κ3) is 3.27. The van der Waals surface area contributed by atoms with E-state index in [1.165, 1.54) is 0 Å². The van der Waals surface area contributed by atoms with Gasteiger partial charge < -0.3 is 4.74 Å². The van der Waals surface area contributed by atoms with Crippen molar-refractivity contribution < 1.29 is 4.74 Å². The summed E-state index contributed by atoms with van der Waals surface area (Å²) in [5.74, 6) is 2.33. The summed E-state index contributed by atoms with van der Waals surface area (Å²) in [5.41, 5.74) is 2.98. The van der Waals surface area contributed by atoms with Gasteiger partial charge in [0.1, 0.15) is 5.75 Å². The van der Waals surface area contributed by atoms with Gasteiger partial charge in [-0.05, 0) is 61.0 Å². The lowest BCUT2D eigenvalue weighted by Crippen LogP contribution is -2.13. The second kappa shape index (κ2) is 6.90. The number of nitrogens with zero attached hydrogens (tertiary/aromatic N) is 4. The third-order valence-corrected chi connectivity index (χ3v) is 4.95. The van der Waals surface area contributed by atoms with Gasteiger partial charge in [0.15, 0.2) is 5.82 Å². The predicted molar refractivity (Wildman–Crippen MR) is 101 cm³/mol. The van der Waals surface area contributed by atoms with Crippen molar-refractivity contribution >= 4 is 29.1 Å². The Morgan fingerprint density at radius 1 is 1.04 bits per heavy atom. The minimum atomic E-state index is 0.657. The van der Waals surface area contributed by atoms with Crippen LogP contribution in [0.15, 0.2) is 58.8 Å². The highest BCUT2D eigenvalue weighted by Gasteiger charge is 2.20. The molecule has 0 saturated heterocycles. The van der Waals surface area contributed by atoms with E-state index in [2.05, 4.69) is 10.2 Å². The number of rotatable bonds is 4. The number of hydrogen-bond acceptors (Lipinski definition) is 5. The normalized spacial score (nSPS) is 13.3. The summed E-state index contributed by atoms with van der Waals surface area (Å²) in [5, 5.41) is 14.8. The molecule has 0 unspecified atom stereocenters. The van der Waals surface area contributed by atoms with Gasteiger partial charge in [-0.3, -0.25) is 0 Å². The largest absolute Gasteiger partial charge is 0.494 e. The lowest BCUT2D eigenvalue weighted by atomic mass is 10.1. The second-order valence-corrected chi connectivity index (χ2v) is 6.80. The number of thioether (sulfide) groups is 1. The van der Waals surface area contributed by atoms with E-state index in [1.54, 1.807) is 16.4 Å². The first kappa shape index (κ1) is 16.2. The highest BCUT2D eigenvalue weighted by atomic mass is 35.5. The van der Waals surface area contributed by atoms with Gasteiger partial charge in [-0.25, -0.2) is 0 Å². The fourth-order valence-electron chi connectivity index (χ4n) is 2.56. The molecule has 2 aromatic carbocycles. The minimum Gasteiger partial charge on any atom is -0.494 e. The van der Waals surface area contributed by atoms with Crippen LogP contribution in [0.5, 0.6) is 5.75 Å². The summed E-state index contributed by atoms with van der Waals surface area (Å²) in [6.45, 7) is 2.63. The van der Waals surface area contributed by atoms with Gasteiger partial charge in [0.2, 0.25) is 5.16 Å². The molecule has 0 fully saturated rings. The Balaban J connectivity index is 1.69. The third-order valence-electron chi connectivity index (χ3n) is 3.77. The van der Waals surface area contributed by atoms with E-state index < -0.39 is 0 Å². The van der Waals surface area contributed by atoms with Crippen molar-refractivity contribution in [1.82, 2.24) is 14.9 Å². The summed E-state index contributed by atoms with van der Waals surface area (Å²) >= 11 is 7.60. The van der Waals surface area contributed by atoms with Crippen molar-refractivity contribution in [3.05, 3.63) is 59.1 Å². The van der Waals surface area contributed by atoms with E-state index in [0.717, 1.165) is 33.5 Å². The van der Waals surface area contributed by atoms with E-state index in [0.29, 0.717) is 17.5 Å². The van der Waals surface area contributed by atoms with Crippen LogP contribution in [-0.4, -0.2) is 32.9 Å². The van der Waals surface area contributed by atoms with Crippen LogP contribution in [0.2, 0.25) is 5.02 Å². The van der Waals surface area contributed by atoms with Gasteiger partial charge >= 0.3 is 0 Å². The molecule has 1 aliphatic heterocycles. The molecule has 1 aromatic heterocycles. The molecule has 0 radical (unpaired) electrons. The number of ether oxygens (including phenoxy) is 1. The lowest BCUT2D eigenvalue weighted by Gasteiger charge is -2.14. The Hall–Kier alpha value is -2.31.